The van der Waals surface area contributed by atoms with Crippen LogP contribution in [0.25, 0.3) is 0 Å². The van der Waals surface area contributed by atoms with Crippen molar-refractivity contribution in [3.05, 3.63) is 42.2 Å². The highest BCUT2D eigenvalue weighted by Gasteiger charge is 2.02. The van der Waals surface area contributed by atoms with E-state index in [-0.39, 0.29) is 6.04 Å². The van der Waals surface area contributed by atoms with Crippen molar-refractivity contribution >= 4 is 11.8 Å². The number of hydrogen-bond acceptors (Lipinski definition) is 3. The molecule has 1 aromatic heterocycles. The van der Waals surface area contributed by atoms with E-state index in [1.165, 1.54) is 10.5 Å². The van der Waals surface area contributed by atoms with Crippen LogP contribution in [0.15, 0.2) is 46.7 Å². The van der Waals surface area contributed by atoms with Gasteiger partial charge in [0.1, 0.15) is 0 Å². The van der Waals surface area contributed by atoms with E-state index in [4.69, 9.17) is 5.73 Å². The lowest BCUT2D eigenvalue weighted by atomic mass is 10.1. The van der Waals surface area contributed by atoms with Crippen LogP contribution in [0.4, 0.5) is 0 Å². The molecule has 0 aliphatic heterocycles. The number of H-pyrrole nitrogens is 1. The zero-order valence-electron chi connectivity index (χ0n) is 9.89. The van der Waals surface area contributed by atoms with Crippen molar-refractivity contribution in [1.29, 1.82) is 0 Å². The quantitative estimate of drug-likeness (QED) is 0.854. The predicted molar refractivity (Wildman–Crippen MR) is 71.1 cm³/mol. The number of nitrogens with one attached hydrogen (secondary N) is 1. The second-order valence-electron chi connectivity index (χ2n) is 4.01. The molecule has 0 saturated heterocycles. The van der Waals surface area contributed by atoms with E-state index in [0.29, 0.717) is 0 Å². The first-order chi connectivity index (χ1) is 8.28. The summed E-state index contributed by atoms with van der Waals surface area (Å²) in [6.45, 7) is 2.12. The predicted octanol–water partition coefficient (Wildman–Crippen LogP) is 2.84. The summed E-state index contributed by atoms with van der Waals surface area (Å²) in [5.74, 6) is 0. The van der Waals surface area contributed by atoms with E-state index in [0.717, 1.165) is 18.0 Å². The Kier molecular flexibility index (Phi) is 4.23. The summed E-state index contributed by atoms with van der Waals surface area (Å²) in [6.07, 6.45) is 5.55. The molecule has 0 bridgehead atoms. The summed E-state index contributed by atoms with van der Waals surface area (Å²) in [5.41, 5.74) is 7.23. The van der Waals surface area contributed by atoms with Crippen LogP contribution in [0.3, 0.4) is 0 Å². The molecule has 3 nitrogen and oxygen atoms in total. The van der Waals surface area contributed by atoms with E-state index < -0.39 is 0 Å². The van der Waals surface area contributed by atoms with E-state index in [1.807, 2.05) is 6.20 Å². The van der Waals surface area contributed by atoms with Gasteiger partial charge in [0, 0.05) is 23.3 Å². The molecule has 0 spiro atoms. The van der Waals surface area contributed by atoms with E-state index in [2.05, 4.69) is 41.2 Å². The summed E-state index contributed by atoms with van der Waals surface area (Å²) in [4.78, 5) is 8.45. The standard InChI is InChI=1S/C13H17N3S/c1-2-11(14)9-10-3-5-12(6-4-10)17-13-15-7-8-16-13/h3-8,11H,2,9,14H2,1H3,(H,15,16). The molecule has 90 valence electrons. The van der Waals surface area contributed by atoms with Gasteiger partial charge in [-0.2, -0.15) is 0 Å². The Morgan fingerprint density at radius 3 is 2.71 bits per heavy atom. The Hall–Kier alpha value is -1.26. The van der Waals surface area contributed by atoms with Crippen molar-refractivity contribution in [2.45, 2.75) is 35.9 Å². The third kappa shape index (κ3) is 3.61. The Balaban J connectivity index is 1.98. The van der Waals surface area contributed by atoms with Gasteiger partial charge < -0.3 is 10.7 Å². The number of hydrogen-bond donors (Lipinski definition) is 2. The summed E-state index contributed by atoms with van der Waals surface area (Å²) < 4.78 is 0. The van der Waals surface area contributed by atoms with E-state index in [9.17, 15) is 0 Å². The van der Waals surface area contributed by atoms with Crippen molar-refractivity contribution in [3.8, 4) is 0 Å². The third-order valence-electron chi connectivity index (χ3n) is 2.63. The van der Waals surface area contributed by atoms with Crippen molar-refractivity contribution in [3.63, 3.8) is 0 Å². The minimum absolute atomic E-state index is 0.263. The van der Waals surface area contributed by atoms with Gasteiger partial charge in [-0.05, 0) is 30.5 Å². The monoisotopic (exact) mass is 247 g/mol. The molecule has 0 fully saturated rings. The van der Waals surface area contributed by atoms with Crippen LogP contribution in [0, 0.1) is 0 Å². The zero-order valence-corrected chi connectivity index (χ0v) is 10.7. The first-order valence-corrected chi connectivity index (χ1v) is 6.61. The molecule has 1 aromatic carbocycles. The average Bonchev–Trinajstić information content (AvgIpc) is 2.84. The number of nitrogens with zero attached hydrogens (tertiary/aromatic N) is 1. The van der Waals surface area contributed by atoms with Gasteiger partial charge in [-0.1, -0.05) is 30.8 Å². The van der Waals surface area contributed by atoms with Gasteiger partial charge in [-0.25, -0.2) is 4.98 Å². The second-order valence-corrected chi connectivity index (χ2v) is 5.08. The lowest BCUT2D eigenvalue weighted by Crippen LogP contribution is -2.21. The van der Waals surface area contributed by atoms with Crippen LogP contribution < -0.4 is 5.73 Å². The minimum atomic E-state index is 0.263. The fourth-order valence-corrected chi connectivity index (χ4v) is 2.29. The van der Waals surface area contributed by atoms with Crippen LogP contribution >= 0.6 is 11.8 Å². The van der Waals surface area contributed by atoms with Crippen LogP contribution in [0.1, 0.15) is 18.9 Å². The van der Waals surface area contributed by atoms with Gasteiger partial charge in [0.15, 0.2) is 5.16 Å². The molecule has 17 heavy (non-hydrogen) atoms. The van der Waals surface area contributed by atoms with Crippen LogP contribution in [0.5, 0.6) is 0 Å². The lowest BCUT2D eigenvalue weighted by Gasteiger charge is -2.08. The number of imidazole rings is 1. The SMILES string of the molecule is CCC(N)Cc1ccc(Sc2ncc[nH]2)cc1. The van der Waals surface area contributed by atoms with E-state index >= 15 is 0 Å². The zero-order chi connectivity index (χ0) is 12.1. The van der Waals surface area contributed by atoms with Crippen LogP contribution in [-0.4, -0.2) is 16.0 Å². The maximum atomic E-state index is 5.93. The van der Waals surface area contributed by atoms with Gasteiger partial charge in [-0.15, -0.1) is 0 Å². The lowest BCUT2D eigenvalue weighted by molar-refractivity contribution is 0.646. The molecular weight excluding hydrogens is 230 g/mol. The topological polar surface area (TPSA) is 54.7 Å². The molecule has 0 radical (unpaired) electrons. The maximum absolute atomic E-state index is 5.93. The highest BCUT2D eigenvalue weighted by Crippen LogP contribution is 2.24. The van der Waals surface area contributed by atoms with Gasteiger partial charge in [0.05, 0.1) is 0 Å². The number of aromatic amines is 1. The molecule has 0 aliphatic rings. The number of benzene rings is 1. The highest BCUT2D eigenvalue weighted by molar-refractivity contribution is 7.99. The van der Waals surface area contributed by atoms with Crippen molar-refractivity contribution in [2.24, 2.45) is 5.73 Å². The minimum Gasteiger partial charge on any atom is -0.339 e. The molecule has 1 heterocycles. The molecule has 2 rings (SSSR count). The molecule has 1 unspecified atom stereocenters. The maximum Gasteiger partial charge on any atom is 0.170 e. The average molecular weight is 247 g/mol. The van der Waals surface area contributed by atoms with Crippen molar-refractivity contribution < 1.29 is 0 Å². The second kappa shape index (κ2) is 5.89. The Morgan fingerprint density at radius 2 is 2.12 bits per heavy atom. The first-order valence-electron chi connectivity index (χ1n) is 5.79. The van der Waals surface area contributed by atoms with E-state index in [1.54, 1.807) is 18.0 Å². The number of nitrogens with two attached hydrogens (primary N) is 1. The van der Waals surface area contributed by atoms with Crippen LogP contribution in [0.2, 0.25) is 0 Å². The van der Waals surface area contributed by atoms with Crippen molar-refractivity contribution in [1.82, 2.24) is 9.97 Å². The summed E-state index contributed by atoms with van der Waals surface area (Å²) in [7, 11) is 0. The largest absolute Gasteiger partial charge is 0.339 e. The fraction of sp³-hybridized carbons (Fsp3) is 0.308. The fourth-order valence-electron chi connectivity index (χ4n) is 1.56. The molecule has 1 atom stereocenters. The number of aromatic nitrogens is 2. The smallest absolute Gasteiger partial charge is 0.170 e. The normalized spacial score (nSPS) is 12.6. The Bertz CT molecular complexity index is 436. The Morgan fingerprint density at radius 1 is 1.35 bits per heavy atom. The van der Waals surface area contributed by atoms with Gasteiger partial charge in [-0.3, -0.25) is 0 Å². The highest BCUT2D eigenvalue weighted by atomic mass is 32.2. The molecule has 3 N–H and O–H groups in total. The summed E-state index contributed by atoms with van der Waals surface area (Å²) in [6, 6.07) is 8.77. The van der Waals surface area contributed by atoms with Crippen molar-refractivity contribution in [2.75, 3.05) is 0 Å². The number of rotatable bonds is 5. The summed E-state index contributed by atoms with van der Waals surface area (Å²) >= 11 is 1.63. The molecule has 0 saturated carbocycles. The van der Waals surface area contributed by atoms with Gasteiger partial charge in [0.2, 0.25) is 0 Å². The first kappa shape index (κ1) is 12.2. The Labute approximate surface area is 106 Å². The van der Waals surface area contributed by atoms with Gasteiger partial charge in [0.25, 0.3) is 0 Å². The summed E-state index contributed by atoms with van der Waals surface area (Å²) in [5, 5.41) is 0.919. The molecule has 2 aromatic rings. The molecule has 4 heteroatoms. The van der Waals surface area contributed by atoms with Gasteiger partial charge >= 0.3 is 0 Å². The molecule has 0 aliphatic carbocycles. The molecular formula is C13H17N3S. The molecule has 0 amide bonds. The third-order valence-corrected chi connectivity index (χ3v) is 3.56. The van der Waals surface area contributed by atoms with Crippen LogP contribution in [-0.2, 0) is 6.42 Å².